The molecule has 0 bridgehead atoms. The average Bonchev–Trinajstić information content (AvgIpc) is 3.30. The van der Waals surface area contributed by atoms with E-state index in [9.17, 15) is 0 Å². The highest BCUT2D eigenvalue weighted by Gasteiger charge is 2.30. The molecule has 2 aliphatic heterocycles. The van der Waals surface area contributed by atoms with Gasteiger partial charge in [-0.05, 0) is 19.4 Å². The smallest absolute Gasteiger partial charge is 0.165 e. The van der Waals surface area contributed by atoms with Gasteiger partial charge >= 0.3 is 0 Å². The van der Waals surface area contributed by atoms with Gasteiger partial charge in [-0.25, -0.2) is 0 Å². The Morgan fingerprint density at radius 3 is 3.04 bits per heavy atom. The van der Waals surface area contributed by atoms with Crippen molar-refractivity contribution in [2.24, 2.45) is 5.92 Å². The second-order valence-corrected chi connectivity index (χ2v) is 6.54. The Morgan fingerprint density at radius 1 is 1.24 bits per heavy atom. The highest BCUT2D eigenvalue weighted by atomic mass is 16.6. The molecule has 1 fully saturated rings. The van der Waals surface area contributed by atoms with Crippen LogP contribution in [0.15, 0.2) is 30.6 Å². The molecule has 0 saturated carbocycles. The maximum absolute atomic E-state index is 5.96. The fourth-order valence-corrected chi connectivity index (χ4v) is 3.58. The van der Waals surface area contributed by atoms with E-state index in [2.05, 4.69) is 29.6 Å². The highest BCUT2D eigenvalue weighted by molar-refractivity contribution is 5.47. The van der Waals surface area contributed by atoms with Gasteiger partial charge in [-0.15, -0.1) is 0 Å². The molecule has 0 unspecified atom stereocenters. The lowest BCUT2D eigenvalue weighted by Crippen LogP contribution is -2.25. The number of nitrogens with zero attached hydrogens (tertiary/aromatic N) is 2. The number of nitrogens with one attached hydrogen (secondary N) is 1. The monoisotopic (exact) mass is 343 g/mol. The van der Waals surface area contributed by atoms with Crippen LogP contribution in [0.25, 0.3) is 0 Å². The number of fused-ring (bicyclic) bond motifs is 1. The summed E-state index contributed by atoms with van der Waals surface area (Å²) in [7, 11) is 0. The molecule has 3 heterocycles. The predicted molar refractivity (Wildman–Crippen MR) is 93.8 cm³/mol. The largest absolute Gasteiger partial charge is 0.486 e. The normalized spacial score (nSPS) is 22.3. The van der Waals surface area contributed by atoms with E-state index in [4.69, 9.17) is 14.2 Å². The van der Waals surface area contributed by atoms with Gasteiger partial charge in [-0.3, -0.25) is 4.68 Å². The van der Waals surface area contributed by atoms with Crippen molar-refractivity contribution in [3.63, 3.8) is 0 Å². The summed E-state index contributed by atoms with van der Waals surface area (Å²) in [6, 6.07) is 6.07. The summed E-state index contributed by atoms with van der Waals surface area (Å²) in [5.74, 6) is 2.19. The number of aromatic nitrogens is 2. The number of ether oxygens (including phenoxy) is 3. The highest BCUT2D eigenvalue weighted by Crippen LogP contribution is 2.35. The van der Waals surface area contributed by atoms with Crippen LogP contribution in [0.2, 0.25) is 0 Å². The summed E-state index contributed by atoms with van der Waals surface area (Å²) in [6.07, 6.45) is 5.24. The number of para-hydroxylation sites is 1. The first-order chi connectivity index (χ1) is 12.3. The molecule has 2 aromatic rings. The van der Waals surface area contributed by atoms with Crippen LogP contribution in [0.5, 0.6) is 11.5 Å². The molecule has 4 rings (SSSR count). The summed E-state index contributed by atoms with van der Waals surface area (Å²) >= 11 is 0. The van der Waals surface area contributed by atoms with Gasteiger partial charge in [-0.2, -0.15) is 5.10 Å². The van der Waals surface area contributed by atoms with Crippen molar-refractivity contribution in [3.05, 3.63) is 41.7 Å². The Hall–Kier alpha value is -2.05. The second-order valence-electron chi connectivity index (χ2n) is 6.54. The van der Waals surface area contributed by atoms with Crippen LogP contribution in [0.1, 0.15) is 30.6 Å². The van der Waals surface area contributed by atoms with Crippen molar-refractivity contribution < 1.29 is 14.2 Å². The quantitative estimate of drug-likeness (QED) is 0.873. The molecular formula is C19H25N3O3. The van der Waals surface area contributed by atoms with Crippen molar-refractivity contribution in [3.8, 4) is 11.5 Å². The van der Waals surface area contributed by atoms with Crippen LogP contribution in [0, 0.1) is 5.92 Å². The number of aryl methyl sites for hydroxylation is 1. The van der Waals surface area contributed by atoms with E-state index in [-0.39, 0.29) is 6.10 Å². The number of hydrogen-bond acceptors (Lipinski definition) is 5. The molecule has 0 radical (unpaired) electrons. The second kappa shape index (κ2) is 7.45. The zero-order valence-corrected chi connectivity index (χ0v) is 14.6. The minimum absolute atomic E-state index is 0.136. The van der Waals surface area contributed by atoms with Gasteiger partial charge in [0.15, 0.2) is 11.5 Å². The summed E-state index contributed by atoms with van der Waals surface area (Å²) in [6.45, 7) is 6.71. The van der Waals surface area contributed by atoms with Crippen molar-refractivity contribution >= 4 is 0 Å². The van der Waals surface area contributed by atoms with Gasteiger partial charge in [0, 0.05) is 49.5 Å². The lowest BCUT2D eigenvalue weighted by Gasteiger charge is -2.22. The molecule has 2 aliphatic rings. The maximum atomic E-state index is 5.96. The zero-order chi connectivity index (χ0) is 17.1. The SMILES string of the molecule is CCn1cc([C@@H]2OCC[C@@H]2CNCc2cccc3c2OCCO3)cn1. The Kier molecular flexibility index (Phi) is 4.90. The van der Waals surface area contributed by atoms with Crippen LogP contribution in [-0.2, 0) is 17.8 Å². The Balaban J connectivity index is 1.36. The van der Waals surface area contributed by atoms with Crippen LogP contribution < -0.4 is 14.8 Å². The van der Waals surface area contributed by atoms with Gasteiger partial charge in [0.1, 0.15) is 13.2 Å². The molecule has 2 atom stereocenters. The summed E-state index contributed by atoms with van der Waals surface area (Å²) < 4.78 is 19.3. The number of rotatable bonds is 6. The molecule has 0 aliphatic carbocycles. The maximum Gasteiger partial charge on any atom is 0.165 e. The summed E-state index contributed by atoms with van der Waals surface area (Å²) in [4.78, 5) is 0. The van der Waals surface area contributed by atoms with E-state index in [1.54, 1.807) is 0 Å². The summed E-state index contributed by atoms with van der Waals surface area (Å²) in [5, 5.41) is 7.95. The van der Waals surface area contributed by atoms with Crippen LogP contribution in [-0.4, -0.2) is 36.1 Å². The number of benzene rings is 1. The van der Waals surface area contributed by atoms with E-state index >= 15 is 0 Å². The first kappa shape index (κ1) is 16.4. The third-order valence-electron chi connectivity index (χ3n) is 4.89. The lowest BCUT2D eigenvalue weighted by molar-refractivity contribution is 0.0903. The molecule has 0 spiro atoms. The Bertz CT molecular complexity index is 716. The van der Waals surface area contributed by atoms with E-state index in [0.717, 1.165) is 49.7 Å². The van der Waals surface area contributed by atoms with Gasteiger partial charge in [0.2, 0.25) is 0 Å². The van der Waals surface area contributed by atoms with E-state index in [1.807, 2.05) is 23.0 Å². The van der Waals surface area contributed by atoms with Crippen molar-refractivity contribution in [1.29, 1.82) is 0 Å². The standard InChI is InChI=1S/C19H25N3O3/c1-2-22-13-16(12-21-22)18-15(6-7-24-18)11-20-10-14-4-3-5-17-19(14)25-9-8-23-17/h3-5,12-13,15,18,20H,2,6-11H2,1H3/t15-,18-/m1/s1. The van der Waals surface area contributed by atoms with E-state index in [1.165, 1.54) is 5.56 Å². The first-order valence-corrected chi connectivity index (χ1v) is 9.07. The zero-order valence-electron chi connectivity index (χ0n) is 14.6. The molecule has 0 amide bonds. The van der Waals surface area contributed by atoms with Gasteiger partial charge in [0.05, 0.1) is 12.3 Å². The van der Waals surface area contributed by atoms with Crippen LogP contribution in [0.4, 0.5) is 0 Å². The van der Waals surface area contributed by atoms with Gasteiger partial charge in [0.25, 0.3) is 0 Å². The third kappa shape index (κ3) is 3.50. The van der Waals surface area contributed by atoms with Crippen LogP contribution in [0.3, 0.4) is 0 Å². The molecule has 6 heteroatoms. The fraction of sp³-hybridized carbons (Fsp3) is 0.526. The molecule has 25 heavy (non-hydrogen) atoms. The van der Waals surface area contributed by atoms with Crippen molar-refractivity contribution in [1.82, 2.24) is 15.1 Å². The summed E-state index contributed by atoms with van der Waals surface area (Å²) in [5.41, 5.74) is 2.33. The van der Waals surface area contributed by atoms with Gasteiger partial charge < -0.3 is 19.5 Å². The topological polar surface area (TPSA) is 57.5 Å². The molecular weight excluding hydrogens is 318 g/mol. The third-order valence-corrected chi connectivity index (χ3v) is 4.89. The Labute approximate surface area is 148 Å². The molecule has 1 aromatic heterocycles. The first-order valence-electron chi connectivity index (χ1n) is 9.07. The average molecular weight is 343 g/mol. The van der Waals surface area contributed by atoms with Crippen LogP contribution >= 0.6 is 0 Å². The van der Waals surface area contributed by atoms with Crippen molar-refractivity contribution in [2.75, 3.05) is 26.4 Å². The molecule has 1 N–H and O–H groups in total. The molecule has 134 valence electrons. The predicted octanol–water partition coefficient (Wildman–Crippen LogP) is 2.54. The fourth-order valence-electron chi connectivity index (χ4n) is 3.58. The Morgan fingerprint density at radius 2 is 2.16 bits per heavy atom. The molecule has 6 nitrogen and oxygen atoms in total. The minimum atomic E-state index is 0.136. The van der Waals surface area contributed by atoms with Crippen molar-refractivity contribution in [2.45, 2.75) is 32.5 Å². The molecule has 1 aromatic carbocycles. The number of hydrogen-bond donors (Lipinski definition) is 1. The molecule has 1 saturated heterocycles. The van der Waals surface area contributed by atoms with E-state index in [0.29, 0.717) is 19.1 Å². The van der Waals surface area contributed by atoms with E-state index < -0.39 is 0 Å². The minimum Gasteiger partial charge on any atom is -0.486 e. The van der Waals surface area contributed by atoms with Gasteiger partial charge in [-0.1, -0.05) is 12.1 Å². The lowest BCUT2D eigenvalue weighted by atomic mass is 9.97.